The fraction of sp³-hybridized carbons (Fsp3) is 0.176. The van der Waals surface area contributed by atoms with E-state index in [1.54, 1.807) is 30.3 Å². The Balaban J connectivity index is 1.76. The van der Waals surface area contributed by atoms with Crippen LogP contribution in [0.5, 0.6) is 0 Å². The van der Waals surface area contributed by atoms with Crippen LogP contribution in [0.2, 0.25) is 0 Å². The third kappa shape index (κ3) is 4.25. The number of aromatic nitrogens is 1. The van der Waals surface area contributed by atoms with E-state index in [1.807, 2.05) is 0 Å². The van der Waals surface area contributed by atoms with Crippen LogP contribution in [-0.2, 0) is 35.8 Å². The van der Waals surface area contributed by atoms with E-state index in [2.05, 4.69) is 4.98 Å². The van der Waals surface area contributed by atoms with E-state index < -0.39 is 51.3 Å². The number of benzene rings is 1. The van der Waals surface area contributed by atoms with Crippen LogP contribution in [0.4, 0.5) is 13.2 Å². The number of carbonyl (C=O) groups is 1. The highest BCUT2D eigenvalue weighted by atomic mass is 32.2. The predicted molar refractivity (Wildman–Crippen MR) is 89.4 cm³/mol. The van der Waals surface area contributed by atoms with E-state index in [0.29, 0.717) is 11.6 Å². The highest BCUT2D eigenvalue weighted by Gasteiger charge is 2.40. The van der Waals surface area contributed by atoms with Crippen molar-refractivity contribution in [3.8, 4) is 0 Å². The second-order valence-corrected chi connectivity index (χ2v) is 7.37. The summed E-state index contributed by atoms with van der Waals surface area (Å²) in [7, 11) is -4.22. The van der Waals surface area contributed by atoms with Gasteiger partial charge < -0.3 is 14.7 Å². The molecule has 3 rings (SSSR count). The maximum atomic E-state index is 12.6. The first-order valence-corrected chi connectivity index (χ1v) is 9.34. The molecule has 1 aliphatic rings. The molecule has 7 nitrogen and oxygen atoms in total. The Bertz CT molecular complexity index is 1020. The summed E-state index contributed by atoms with van der Waals surface area (Å²) in [5.41, 5.74) is 4.79. The molecule has 0 amide bonds. The molecular weight excluding hydrogens is 401 g/mol. The van der Waals surface area contributed by atoms with Gasteiger partial charge in [-0.05, 0) is 11.6 Å². The van der Waals surface area contributed by atoms with Crippen molar-refractivity contribution in [1.82, 2.24) is 4.98 Å². The monoisotopic (exact) mass is 414 g/mol. The summed E-state index contributed by atoms with van der Waals surface area (Å²) in [6.45, 7) is 0. The number of hydrogen-bond donors (Lipinski definition) is 1. The van der Waals surface area contributed by atoms with E-state index in [-0.39, 0.29) is 5.56 Å². The van der Waals surface area contributed by atoms with E-state index in [1.165, 1.54) is 0 Å². The molecule has 1 aliphatic heterocycles. The molecule has 0 aliphatic carbocycles. The first-order chi connectivity index (χ1) is 13.1. The zero-order valence-electron chi connectivity index (χ0n) is 14.0. The molecular formula is C17H13F3N2O5S. The number of nitrogens with two attached hydrogens (primary N) is 1. The molecule has 2 N–H and O–H groups in total. The second kappa shape index (κ2) is 7.15. The Morgan fingerprint density at radius 3 is 2.39 bits per heavy atom. The molecule has 148 valence electrons. The average molecular weight is 414 g/mol. The molecule has 1 atom stereocenters. The van der Waals surface area contributed by atoms with Gasteiger partial charge in [-0.25, -0.2) is 0 Å². The lowest BCUT2D eigenvalue weighted by Gasteiger charge is -2.11. The number of ketones is 1. The lowest BCUT2D eigenvalue weighted by atomic mass is 10.1. The number of ether oxygens (including phenoxy) is 1. The van der Waals surface area contributed by atoms with Gasteiger partial charge in [-0.3, -0.25) is 9.78 Å². The van der Waals surface area contributed by atoms with Crippen molar-refractivity contribution in [3.63, 3.8) is 0 Å². The number of Topliss-reactive ketones (excluding diaryl/α,β-unsaturated/α-hetero) is 1. The third-order valence-corrected chi connectivity index (χ3v) is 4.81. The van der Waals surface area contributed by atoms with Gasteiger partial charge in [0.2, 0.25) is 17.4 Å². The number of rotatable bonds is 5. The first kappa shape index (κ1) is 19.7. The maximum absolute atomic E-state index is 12.6. The maximum Gasteiger partial charge on any atom is 0.433 e. The molecule has 1 aromatic carbocycles. The standard InChI is InChI=1S/C17H13F3N2O5S/c18-17(19,20)12-7-6-11(8-22-12)14-13(23)15(16(21)26-14)27-28(24,25)9-10-4-2-1-3-5-10/h1-8,14H,9,21H2. The van der Waals surface area contributed by atoms with Crippen LogP contribution in [0.3, 0.4) is 0 Å². The summed E-state index contributed by atoms with van der Waals surface area (Å²) in [6, 6.07) is 9.76. The minimum atomic E-state index is -4.64. The summed E-state index contributed by atoms with van der Waals surface area (Å²) in [5.74, 6) is -2.74. The largest absolute Gasteiger partial charge is 0.460 e. The average Bonchev–Trinajstić information content (AvgIpc) is 2.89. The highest BCUT2D eigenvalue weighted by Crippen LogP contribution is 2.34. The van der Waals surface area contributed by atoms with Crippen LogP contribution in [-0.4, -0.2) is 19.2 Å². The predicted octanol–water partition coefficient (Wildman–Crippen LogP) is 2.42. The second-order valence-electron chi connectivity index (χ2n) is 5.80. The van der Waals surface area contributed by atoms with Crippen molar-refractivity contribution in [2.24, 2.45) is 5.73 Å². The van der Waals surface area contributed by atoms with Crippen LogP contribution >= 0.6 is 0 Å². The first-order valence-electron chi connectivity index (χ1n) is 7.77. The van der Waals surface area contributed by atoms with E-state index >= 15 is 0 Å². The molecule has 0 radical (unpaired) electrons. The van der Waals surface area contributed by atoms with Crippen molar-refractivity contribution < 1.29 is 35.3 Å². The van der Waals surface area contributed by atoms with Crippen LogP contribution in [0.15, 0.2) is 60.3 Å². The van der Waals surface area contributed by atoms with E-state index in [4.69, 9.17) is 14.7 Å². The SMILES string of the molecule is NC1=C(OS(=O)(=O)Cc2ccccc2)C(=O)C(c2ccc(C(F)(F)F)nc2)O1. The Morgan fingerprint density at radius 2 is 1.82 bits per heavy atom. The lowest BCUT2D eigenvalue weighted by Crippen LogP contribution is -2.16. The topological polar surface area (TPSA) is 109 Å². The molecule has 2 heterocycles. The molecule has 1 aromatic heterocycles. The third-order valence-electron chi connectivity index (χ3n) is 3.71. The van der Waals surface area contributed by atoms with Gasteiger partial charge in [-0.1, -0.05) is 36.4 Å². The van der Waals surface area contributed by atoms with Crippen molar-refractivity contribution in [1.29, 1.82) is 0 Å². The zero-order chi connectivity index (χ0) is 20.5. The Hall–Kier alpha value is -3.08. The summed E-state index contributed by atoms with van der Waals surface area (Å²) in [4.78, 5) is 15.7. The minimum absolute atomic E-state index is 0.0278. The van der Waals surface area contributed by atoms with Gasteiger partial charge in [0.05, 0.1) is 0 Å². The summed E-state index contributed by atoms with van der Waals surface area (Å²) in [6.07, 6.45) is -5.28. The van der Waals surface area contributed by atoms with Gasteiger partial charge in [0, 0.05) is 11.8 Å². The number of alkyl halides is 3. The summed E-state index contributed by atoms with van der Waals surface area (Å²) < 4.78 is 72.0. The molecule has 0 fully saturated rings. The molecule has 0 saturated heterocycles. The molecule has 0 saturated carbocycles. The van der Waals surface area contributed by atoms with Gasteiger partial charge in [-0.15, -0.1) is 0 Å². The van der Waals surface area contributed by atoms with E-state index in [0.717, 1.165) is 12.3 Å². The summed E-state index contributed by atoms with van der Waals surface area (Å²) in [5, 5.41) is 0. The fourth-order valence-corrected chi connectivity index (χ4v) is 3.52. The normalized spacial score (nSPS) is 17.5. The van der Waals surface area contributed by atoms with Crippen LogP contribution in [0, 0.1) is 0 Å². The molecule has 28 heavy (non-hydrogen) atoms. The van der Waals surface area contributed by atoms with Gasteiger partial charge in [0.25, 0.3) is 0 Å². The smallest absolute Gasteiger partial charge is 0.433 e. The Labute approximate surface area is 157 Å². The molecule has 0 bridgehead atoms. The van der Waals surface area contributed by atoms with Crippen LogP contribution in [0.1, 0.15) is 22.9 Å². The molecule has 1 unspecified atom stereocenters. The van der Waals surface area contributed by atoms with Gasteiger partial charge >= 0.3 is 16.3 Å². The van der Waals surface area contributed by atoms with Crippen molar-refractivity contribution in [3.05, 3.63) is 77.1 Å². The molecule has 2 aromatic rings. The fourth-order valence-electron chi connectivity index (χ4n) is 2.44. The van der Waals surface area contributed by atoms with Crippen molar-refractivity contribution in [2.45, 2.75) is 18.0 Å². The molecule has 0 spiro atoms. The molecule has 11 heteroatoms. The van der Waals surface area contributed by atoms with Gasteiger partial charge in [-0.2, -0.15) is 21.6 Å². The number of nitrogens with zero attached hydrogens (tertiary/aromatic N) is 1. The van der Waals surface area contributed by atoms with Crippen LogP contribution in [0.25, 0.3) is 0 Å². The number of carbonyl (C=O) groups excluding carboxylic acids is 1. The van der Waals surface area contributed by atoms with Crippen LogP contribution < -0.4 is 5.73 Å². The highest BCUT2D eigenvalue weighted by molar-refractivity contribution is 7.86. The van der Waals surface area contributed by atoms with Gasteiger partial charge in [0.1, 0.15) is 11.4 Å². The lowest BCUT2D eigenvalue weighted by molar-refractivity contribution is -0.141. The van der Waals surface area contributed by atoms with Gasteiger partial charge in [0.15, 0.2) is 6.10 Å². The summed E-state index contributed by atoms with van der Waals surface area (Å²) >= 11 is 0. The quantitative estimate of drug-likeness (QED) is 0.749. The van der Waals surface area contributed by atoms with Crippen molar-refractivity contribution in [2.75, 3.05) is 0 Å². The minimum Gasteiger partial charge on any atom is -0.460 e. The number of pyridine rings is 1. The zero-order valence-corrected chi connectivity index (χ0v) is 14.8. The Morgan fingerprint density at radius 1 is 1.14 bits per heavy atom. The number of halogens is 3. The van der Waals surface area contributed by atoms with E-state index in [9.17, 15) is 26.4 Å². The number of hydrogen-bond acceptors (Lipinski definition) is 7. The Kier molecular flexibility index (Phi) is 5.02. The van der Waals surface area contributed by atoms with Crippen molar-refractivity contribution >= 4 is 15.9 Å².